The molecule has 5 fully saturated rings. The van der Waals surface area contributed by atoms with Crippen LogP contribution in [-0.4, -0.2) is 28.7 Å². The number of Topliss-reactive ketones (excluding diaryl/α,β-unsaturated/α-hetero) is 1. The number of ether oxygens (including phenoxy) is 1. The van der Waals surface area contributed by atoms with Gasteiger partial charge in [0, 0.05) is 23.7 Å². The van der Waals surface area contributed by atoms with Gasteiger partial charge in [0.25, 0.3) is 0 Å². The highest BCUT2D eigenvalue weighted by molar-refractivity contribution is 5.87. The first-order chi connectivity index (χ1) is 10.4. The third kappa shape index (κ3) is 1.40. The van der Waals surface area contributed by atoms with Crippen LogP contribution >= 0.6 is 0 Å². The molecule has 8 atom stereocenters. The molecule has 0 aromatic rings. The Morgan fingerprint density at radius 3 is 2.77 bits per heavy atom. The molecule has 0 bridgehead atoms. The highest BCUT2D eigenvalue weighted by atomic mass is 16.6. The molecule has 1 aliphatic heterocycles. The van der Waals surface area contributed by atoms with E-state index in [1.54, 1.807) is 0 Å². The Morgan fingerprint density at radius 1 is 1.14 bits per heavy atom. The van der Waals surface area contributed by atoms with Gasteiger partial charge in [0.1, 0.15) is 11.4 Å². The molecule has 1 spiro atoms. The van der Waals surface area contributed by atoms with Crippen molar-refractivity contribution in [3.05, 3.63) is 0 Å². The normalized spacial score (nSPS) is 62.7. The molecule has 1 heterocycles. The topological polar surface area (TPSA) is 49.8 Å². The predicted molar refractivity (Wildman–Crippen MR) is 82.2 cm³/mol. The number of hydrogen-bond acceptors (Lipinski definition) is 3. The Morgan fingerprint density at radius 2 is 1.95 bits per heavy atom. The molecule has 5 rings (SSSR count). The molecule has 5 aliphatic rings. The summed E-state index contributed by atoms with van der Waals surface area (Å²) in [6, 6.07) is 0. The van der Waals surface area contributed by atoms with E-state index in [0.29, 0.717) is 29.6 Å². The molecule has 4 aliphatic carbocycles. The zero-order valence-electron chi connectivity index (χ0n) is 13.8. The van der Waals surface area contributed by atoms with Crippen molar-refractivity contribution in [2.24, 2.45) is 28.6 Å². The van der Waals surface area contributed by atoms with Gasteiger partial charge in [-0.3, -0.25) is 4.79 Å². The molecule has 0 unspecified atom stereocenters. The number of aliphatic hydroxyl groups is 1. The standard InChI is InChI=1S/C19H28O3/c1-17-7-6-14-12(13(17)3-4-15(17)21)9-16-19(22-16)10-11(20)5-8-18(14,19)2/h11-14,16,20H,3-10H2,1-2H3/t11-,12+,13+,14+,16+,17+,18-,19+/m1/s1. The molecule has 122 valence electrons. The average molecular weight is 304 g/mol. The fraction of sp³-hybridized carbons (Fsp3) is 0.947. The molecular weight excluding hydrogens is 276 g/mol. The van der Waals surface area contributed by atoms with E-state index in [2.05, 4.69) is 13.8 Å². The number of carbonyl (C=O) groups is 1. The van der Waals surface area contributed by atoms with Crippen molar-refractivity contribution in [1.82, 2.24) is 0 Å². The zero-order chi connectivity index (χ0) is 15.3. The number of fused-ring (bicyclic) bond motifs is 4. The van der Waals surface area contributed by atoms with Crippen molar-refractivity contribution in [2.45, 2.75) is 83.0 Å². The minimum atomic E-state index is -0.170. The number of carbonyl (C=O) groups excluding carboxylic acids is 1. The average Bonchev–Trinajstić information content (AvgIpc) is 3.08. The highest BCUT2D eigenvalue weighted by Gasteiger charge is 2.76. The molecule has 1 N–H and O–H groups in total. The SMILES string of the molecule is C[C@]12CC[C@H]3[C@@H](C[C@@H]4O[C@@]45C[C@H](O)CC[C@]35C)[C@@H]1CCC2=O. The first-order valence-electron chi connectivity index (χ1n) is 9.30. The van der Waals surface area contributed by atoms with Crippen LogP contribution in [0.2, 0.25) is 0 Å². The van der Waals surface area contributed by atoms with Crippen LogP contribution in [0.5, 0.6) is 0 Å². The zero-order valence-corrected chi connectivity index (χ0v) is 13.8. The Kier molecular flexibility index (Phi) is 2.52. The molecule has 0 aromatic carbocycles. The quantitative estimate of drug-likeness (QED) is 0.700. The van der Waals surface area contributed by atoms with E-state index in [0.717, 1.165) is 44.9 Å². The minimum absolute atomic E-state index is 0.0256. The van der Waals surface area contributed by atoms with Crippen LogP contribution < -0.4 is 0 Å². The molecule has 1 saturated heterocycles. The third-order valence-corrected chi connectivity index (χ3v) is 8.77. The van der Waals surface area contributed by atoms with Crippen molar-refractivity contribution < 1.29 is 14.6 Å². The lowest BCUT2D eigenvalue weighted by Gasteiger charge is -2.58. The van der Waals surface area contributed by atoms with E-state index in [1.807, 2.05) is 0 Å². The van der Waals surface area contributed by atoms with E-state index in [4.69, 9.17) is 4.74 Å². The number of hydrogen-bond donors (Lipinski definition) is 1. The van der Waals surface area contributed by atoms with Crippen molar-refractivity contribution in [3.63, 3.8) is 0 Å². The Balaban J connectivity index is 1.53. The maximum Gasteiger partial charge on any atom is 0.139 e. The van der Waals surface area contributed by atoms with E-state index in [9.17, 15) is 9.90 Å². The smallest absolute Gasteiger partial charge is 0.139 e. The van der Waals surface area contributed by atoms with Gasteiger partial charge < -0.3 is 9.84 Å². The van der Waals surface area contributed by atoms with E-state index < -0.39 is 0 Å². The van der Waals surface area contributed by atoms with Gasteiger partial charge in [0.05, 0.1) is 12.2 Å². The predicted octanol–water partition coefficient (Wildman–Crippen LogP) is 3.09. The molecule has 0 aromatic heterocycles. The van der Waals surface area contributed by atoms with Crippen LogP contribution in [0.4, 0.5) is 0 Å². The van der Waals surface area contributed by atoms with Crippen LogP contribution in [0, 0.1) is 28.6 Å². The first kappa shape index (κ1) is 14.0. The highest BCUT2D eigenvalue weighted by Crippen LogP contribution is 2.72. The van der Waals surface area contributed by atoms with E-state index in [-0.39, 0.29) is 22.5 Å². The Hall–Kier alpha value is -0.410. The fourth-order valence-electron chi connectivity index (χ4n) is 7.43. The molecule has 0 amide bonds. The van der Waals surface area contributed by atoms with Gasteiger partial charge in [0.15, 0.2) is 0 Å². The van der Waals surface area contributed by atoms with Crippen molar-refractivity contribution in [3.8, 4) is 0 Å². The van der Waals surface area contributed by atoms with E-state index in [1.165, 1.54) is 6.42 Å². The summed E-state index contributed by atoms with van der Waals surface area (Å²) in [7, 11) is 0. The molecule has 4 saturated carbocycles. The third-order valence-electron chi connectivity index (χ3n) is 8.77. The lowest BCUT2D eigenvalue weighted by Crippen LogP contribution is -2.58. The number of epoxide rings is 1. The van der Waals surface area contributed by atoms with Gasteiger partial charge in [-0.2, -0.15) is 0 Å². The second-order valence-electron chi connectivity index (χ2n) is 9.34. The number of ketones is 1. The molecule has 3 heteroatoms. The summed E-state index contributed by atoms with van der Waals surface area (Å²) in [5.41, 5.74) is 0.162. The van der Waals surface area contributed by atoms with Crippen LogP contribution in [-0.2, 0) is 9.53 Å². The molecule has 3 nitrogen and oxygen atoms in total. The lowest BCUT2D eigenvalue weighted by molar-refractivity contribution is -0.138. The molecule has 22 heavy (non-hydrogen) atoms. The summed E-state index contributed by atoms with van der Waals surface area (Å²) in [5.74, 6) is 2.48. The monoisotopic (exact) mass is 304 g/mol. The second-order valence-corrected chi connectivity index (χ2v) is 9.34. The summed E-state index contributed by atoms with van der Waals surface area (Å²) in [4.78, 5) is 12.4. The van der Waals surface area contributed by atoms with Crippen LogP contribution in [0.25, 0.3) is 0 Å². The van der Waals surface area contributed by atoms with Gasteiger partial charge in [-0.15, -0.1) is 0 Å². The lowest BCUT2D eigenvalue weighted by atomic mass is 9.45. The first-order valence-corrected chi connectivity index (χ1v) is 9.30. The Bertz CT molecular complexity index is 545. The maximum atomic E-state index is 12.4. The van der Waals surface area contributed by atoms with Gasteiger partial charge in [-0.05, 0) is 56.3 Å². The van der Waals surface area contributed by atoms with Gasteiger partial charge in [0.2, 0.25) is 0 Å². The number of aliphatic hydroxyl groups excluding tert-OH is 1. The van der Waals surface area contributed by atoms with Crippen molar-refractivity contribution in [1.29, 1.82) is 0 Å². The van der Waals surface area contributed by atoms with Gasteiger partial charge >= 0.3 is 0 Å². The van der Waals surface area contributed by atoms with Gasteiger partial charge in [-0.25, -0.2) is 0 Å². The van der Waals surface area contributed by atoms with Crippen LogP contribution in [0.3, 0.4) is 0 Å². The number of rotatable bonds is 0. The fourth-order valence-corrected chi connectivity index (χ4v) is 7.43. The second kappa shape index (κ2) is 3.97. The molecular formula is C19H28O3. The minimum Gasteiger partial charge on any atom is -0.393 e. The van der Waals surface area contributed by atoms with Crippen molar-refractivity contribution in [2.75, 3.05) is 0 Å². The van der Waals surface area contributed by atoms with Crippen LogP contribution in [0.1, 0.15) is 65.2 Å². The summed E-state index contributed by atoms with van der Waals surface area (Å²) in [6.45, 7) is 4.68. The largest absolute Gasteiger partial charge is 0.393 e. The summed E-state index contributed by atoms with van der Waals surface area (Å²) >= 11 is 0. The van der Waals surface area contributed by atoms with E-state index >= 15 is 0 Å². The van der Waals surface area contributed by atoms with Crippen molar-refractivity contribution >= 4 is 5.78 Å². The van der Waals surface area contributed by atoms with Crippen LogP contribution in [0.15, 0.2) is 0 Å². The summed E-state index contributed by atoms with van der Waals surface area (Å²) < 4.78 is 6.30. The summed E-state index contributed by atoms with van der Waals surface area (Å²) in [6.07, 6.45) is 8.37. The Labute approximate surface area is 132 Å². The summed E-state index contributed by atoms with van der Waals surface area (Å²) in [5, 5.41) is 10.2. The molecule has 0 radical (unpaired) electrons. The maximum absolute atomic E-state index is 12.4. The van der Waals surface area contributed by atoms with Gasteiger partial charge in [-0.1, -0.05) is 13.8 Å².